The van der Waals surface area contributed by atoms with Gasteiger partial charge in [-0.25, -0.2) is 0 Å². The molecule has 0 bridgehead atoms. The lowest BCUT2D eigenvalue weighted by Gasteiger charge is -2.32. The first kappa shape index (κ1) is 19.2. The quantitative estimate of drug-likeness (QED) is 0.870. The topological polar surface area (TPSA) is 35.6 Å². The number of piperidine rings is 2. The van der Waals surface area contributed by atoms with Gasteiger partial charge >= 0.3 is 0 Å². The zero-order valence-corrected chi connectivity index (χ0v) is 16.7. The molecule has 2 fully saturated rings. The molecule has 0 unspecified atom stereocenters. The molecule has 0 saturated carbocycles. The number of likely N-dealkylation sites (tertiary alicyclic amines) is 1. The van der Waals surface area contributed by atoms with Crippen LogP contribution in [0.3, 0.4) is 0 Å². The van der Waals surface area contributed by atoms with Crippen molar-refractivity contribution in [1.82, 2.24) is 10.2 Å². The number of hydrogen-bond donors (Lipinski definition) is 1. The molecular formula is C22H35N3O. The smallest absolute Gasteiger partial charge is 0.220 e. The van der Waals surface area contributed by atoms with Crippen LogP contribution in [0.15, 0.2) is 24.3 Å². The zero-order chi connectivity index (χ0) is 18.5. The van der Waals surface area contributed by atoms with Gasteiger partial charge in [0.2, 0.25) is 5.91 Å². The van der Waals surface area contributed by atoms with Gasteiger partial charge in [0.15, 0.2) is 0 Å². The van der Waals surface area contributed by atoms with Gasteiger partial charge in [0.25, 0.3) is 0 Å². The second kappa shape index (κ2) is 8.90. The molecule has 1 N–H and O–H groups in total. The fourth-order valence-corrected chi connectivity index (χ4v) is 4.15. The van der Waals surface area contributed by atoms with Crippen LogP contribution in [-0.2, 0) is 4.79 Å². The van der Waals surface area contributed by atoms with Crippen LogP contribution in [0.5, 0.6) is 0 Å². The van der Waals surface area contributed by atoms with E-state index in [1.807, 2.05) is 0 Å². The van der Waals surface area contributed by atoms with E-state index in [0.717, 1.165) is 44.9 Å². The van der Waals surface area contributed by atoms with Crippen LogP contribution in [0, 0.1) is 11.8 Å². The molecule has 26 heavy (non-hydrogen) atoms. The summed E-state index contributed by atoms with van der Waals surface area (Å²) in [5.74, 6) is 1.59. The fraction of sp³-hybridized carbons (Fsp3) is 0.682. The van der Waals surface area contributed by atoms with Crippen LogP contribution in [0.4, 0.5) is 5.69 Å². The number of amides is 1. The van der Waals surface area contributed by atoms with Crippen molar-refractivity contribution < 1.29 is 4.79 Å². The molecule has 1 aromatic carbocycles. The molecule has 2 aliphatic rings. The minimum Gasteiger partial charge on any atom is -0.372 e. The van der Waals surface area contributed by atoms with Crippen molar-refractivity contribution in [3.63, 3.8) is 0 Å². The Morgan fingerprint density at radius 3 is 2.31 bits per heavy atom. The average molecular weight is 358 g/mol. The van der Waals surface area contributed by atoms with E-state index in [4.69, 9.17) is 0 Å². The molecule has 1 aromatic rings. The summed E-state index contributed by atoms with van der Waals surface area (Å²) in [6, 6.07) is 8.85. The van der Waals surface area contributed by atoms with Crippen molar-refractivity contribution in [3.05, 3.63) is 29.8 Å². The summed E-state index contributed by atoms with van der Waals surface area (Å²) in [6.07, 6.45) is 5.52. The molecule has 0 radical (unpaired) electrons. The van der Waals surface area contributed by atoms with E-state index in [1.165, 1.54) is 24.1 Å². The number of rotatable bonds is 5. The molecule has 4 heteroatoms. The predicted octanol–water partition coefficient (Wildman–Crippen LogP) is 3.83. The highest BCUT2D eigenvalue weighted by Crippen LogP contribution is 2.25. The van der Waals surface area contributed by atoms with Crippen LogP contribution in [0.2, 0.25) is 0 Å². The molecule has 4 nitrogen and oxygen atoms in total. The van der Waals surface area contributed by atoms with Gasteiger partial charge in [-0.2, -0.15) is 0 Å². The summed E-state index contributed by atoms with van der Waals surface area (Å²) in [4.78, 5) is 17.2. The Morgan fingerprint density at radius 1 is 1.08 bits per heavy atom. The number of carbonyl (C=O) groups excluding carboxylic acids is 1. The maximum Gasteiger partial charge on any atom is 0.220 e. The van der Waals surface area contributed by atoms with E-state index in [2.05, 4.69) is 60.3 Å². The first-order chi connectivity index (χ1) is 12.5. The van der Waals surface area contributed by atoms with E-state index >= 15 is 0 Å². The maximum atomic E-state index is 12.4. The van der Waals surface area contributed by atoms with Crippen LogP contribution in [0.25, 0.3) is 0 Å². The van der Waals surface area contributed by atoms with E-state index in [-0.39, 0.29) is 11.9 Å². The van der Waals surface area contributed by atoms with Crippen molar-refractivity contribution in [3.8, 4) is 0 Å². The molecule has 3 rings (SSSR count). The number of nitrogens with one attached hydrogen (secondary N) is 1. The Morgan fingerprint density at radius 2 is 1.69 bits per heavy atom. The first-order valence-corrected chi connectivity index (χ1v) is 10.3. The van der Waals surface area contributed by atoms with Gasteiger partial charge in [0.1, 0.15) is 0 Å². The first-order valence-electron chi connectivity index (χ1n) is 10.3. The predicted molar refractivity (Wildman–Crippen MR) is 108 cm³/mol. The number of nitrogens with zero attached hydrogens (tertiary/aromatic N) is 2. The molecule has 2 heterocycles. The summed E-state index contributed by atoms with van der Waals surface area (Å²) in [5.41, 5.74) is 2.50. The van der Waals surface area contributed by atoms with Crippen LogP contribution in [0.1, 0.15) is 57.6 Å². The normalized spacial score (nSPS) is 21.6. The second-order valence-corrected chi connectivity index (χ2v) is 8.50. The van der Waals surface area contributed by atoms with Gasteiger partial charge in [-0.05, 0) is 82.3 Å². The Hall–Kier alpha value is -1.55. The SMILES string of the molecule is CC1CCN(c2ccc([C@@H](C)NC(=O)CC3CCN(C)CC3)cc2)CC1. The highest BCUT2D eigenvalue weighted by Gasteiger charge is 2.21. The minimum atomic E-state index is 0.0733. The lowest BCUT2D eigenvalue weighted by molar-refractivity contribution is -0.123. The van der Waals surface area contributed by atoms with Crippen molar-refractivity contribution in [2.24, 2.45) is 11.8 Å². The van der Waals surface area contributed by atoms with Crippen molar-refractivity contribution in [1.29, 1.82) is 0 Å². The molecule has 0 spiro atoms. The Bertz CT molecular complexity index is 570. The lowest BCUT2D eigenvalue weighted by atomic mass is 9.93. The standard InChI is InChI=1S/C22H35N3O/c1-17-8-14-25(15-9-17)21-6-4-20(5-7-21)18(2)23-22(26)16-19-10-12-24(3)13-11-19/h4-7,17-19H,8-16H2,1-3H3,(H,23,26)/t18-/m1/s1. The third-order valence-corrected chi connectivity index (χ3v) is 6.23. The molecule has 1 amide bonds. The second-order valence-electron chi connectivity index (χ2n) is 8.50. The Labute approximate surface area is 158 Å². The zero-order valence-electron chi connectivity index (χ0n) is 16.7. The Balaban J connectivity index is 1.48. The molecule has 1 atom stereocenters. The van der Waals surface area contributed by atoms with Gasteiger partial charge in [-0.3, -0.25) is 4.79 Å². The van der Waals surface area contributed by atoms with E-state index < -0.39 is 0 Å². The van der Waals surface area contributed by atoms with E-state index in [9.17, 15) is 4.79 Å². The molecule has 2 aliphatic heterocycles. The number of anilines is 1. The largest absolute Gasteiger partial charge is 0.372 e. The lowest BCUT2D eigenvalue weighted by Crippen LogP contribution is -2.34. The minimum absolute atomic E-state index is 0.0733. The van der Waals surface area contributed by atoms with Gasteiger partial charge in [0, 0.05) is 25.2 Å². The molecule has 144 valence electrons. The average Bonchev–Trinajstić information content (AvgIpc) is 2.64. The summed E-state index contributed by atoms with van der Waals surface area (Å²) in [7, 11) is 2.16. The van der Waals surface area contributed by atoms with Gasteiger partial charge in [-0.15, -0.1) is 0 Å². The molecule has 0 aliphatic carbocycles. The monoisotopic (exact) mass is 357 g/mol. The molecule has 2 saturated heterocycles. The number of carbonyl (C=O) groups is 1. The van der Waals surface area contributed by atoms with Crippen LogP contribution < -0.4 is 10.2 Å². The number of hydrogen-bond acceptors (Lipinski definition) is 3. The van der Waals surface area contributed by atoms with E-state index in [1.54, 1.807) is 0 Å². The number of benzene rings is 1. The van der Waals surface area contributed by atoms with Gasteiger partial charge < -0.3 is 15.1 Å². The van der Waals surface area contributed by atoms with Crippen molar-refractivity contribution >= 4 is 11.6 Å². The fourth-order valence-electron chi connectivity index (χ4n) is 4.15. The summed E-state index contributed by atoms with van der Waals surface area (Å²) < 4.78 is 0. The van der Waals surface area contributed by atoms with Crippen LogP contribution in [-0.4, -0.2) is 44.0 Å². The summed E-state index contributed by atoms with van der Waals surface area (Å²) in [6.45, 7) is 8.97. The Kier molecular flexibility index (Phi) is 6.58. The highest BCUT2D eigenvalue weighted by atomic mass is 16.1. The van der Waals surface area contributed by atoms with Gasteiger partial charge in [-0.1, -0.05) is 19.1 Å². The van der Waals surface area contributed by atoms with Crippen molar-refractivity contribution in [2.45, 2.75) is 52.0 Å². The molecule has 0 aromatic heterocycles. The highest BCUT2D eigenvalue weighted by molar-refractivity contribution is 5.76. The third kappa shape index (κ3) is 5.23. The van der Waals surface area contributed by atoms with Crippen LogP contribution >= 0.6 is 0 Å². The van der Waals surface area contributed by atoms with Crippen molar-refractivity contribution in [2.75, 3.05) is 38.1 Å². The maximum absolute atomic E-state index is 12.4. The summed E-state index contributed by atoms with van der Waals surface area (Å²) >= 11 is 0. The molecular weight excluding hydrogens is 322 g/mol. The van der Waals surface area contributed by atoms with E-state index in [0.29, 0.717) is 12.3 Å². The third-order valence-electron chi connectivity index (χ3n) is 6.23. The summed E-state index contributed by atoms with van der Waals surface area (Å²) in [5, 5.41) is 3.19. The van der Waals surface area contributed by atoms with Gasteiger partial charge in [0.05, 0.1) is 6.04 Å².